The van der Waals surface area contributed by atoms with E-state index in [0.29, 0.717) is 0 Å². The van der Waals surface area contributed by atoms with Gasteiger partial charge in [-0.15, -0.1) is 0 Å². The normalized spacial score (nSPS) is 11.7. The molecule has 6 aromatic carbocycles. The summed E-state index contributed by atoms with van der Waals surface area (Å²) in [5.41, 5.74) is 10.8. The van der Waals surface area contributed by atoms with Crippen LogP contribution in [-0.4, -0.2) is 23.3 Å². The third kappa shape index (κ3) is 5.37. The van der Waals surface area contributed by atoms with E-state index in [1.54, 1.807) is 0 Å². The van der Waals surface area contributed by atoms with Crippen molar-refractivity contribution in [1.29, 1.82) is 0 Å². The molecule has 0 unspecified atom stereocenters. The maximum atomic E-state index is 12.8. The second-order valence-electron chi connectivity index (χ2n) is 12.1. The highest BCUT2D eigenvalue weighted by molar-refractivity contribution is 7.70. The highest BCUT2D eigenvalue weighted by Crippen LogP contribution is 2.42. The van der Waals surface area contributed by atoms with E-state index in [4.69, 9.17) is 14.4 Å². The Labute approximate surface area is 273 Å². The van der Waals surface area contributed by atoms with Gasteiger partial charge in [0.1, 0.15) is 18.3 Å². The van der Waals surface area contributed by atoms with Crippen LogP contribution in [0.15, 0.2) is 156 Å². The molecule has 0 aliphatic carbocycles. The van der Waals surface area contributed by atoms with Gasteiger partial charge < -0.3 is 8.98 Å². The summed E-state index contributed by atoms with van der Waals surface area (Å²) in [7, 11) is -2.38. The van der Waals surface area contributed by atoms with Crippen molar-refractivity contribution in [1.82, 2.24) is 9.97 Å². The summed E-state index contributed by atoms with van der Waals surface area (Å²) < 4.78 is 19.1. The van der Waals surface area contributed by atoms with Gasteiger partial charge in [-0.3, -0.25) is 0 Å². The van der Waals surface area contributed by atoms with Gasteiger partial charge in [-0.1, -0.05) is 133 Å². The van der Waals surface area contributed by atoms with Gasteiger partial charge in [-0.2, -0.15) is 0 Å². The Balaban J connectivity index is 1.38. The molecule has 0 fully saturated rings. The molecule has 0 atom stereocenters. The van der Waals surface area contributed by atoms with E-state index >= 15 is 0 Å². The fourth-order valence-electron chi connectivity index (χ4n) is 6.23. The predicted molar refractivity (Wildman–Crippen MR) is 196 cm³/mol. The first-order valence-electron chi connectivity index (χ1n) is 15.6. The molecule has 0 saturated carbocycles. The Morgan fingerprint density at radius 1 is 0.468 bits per heavy atom. The first kappa shape index (κ1) is 28.9. The van der Waals surface area contributed by atoms with Crippen LogP contribution >= 0.6 is 7.14 Å². The number of benzene rings is 6. The summed E-state index contributed by atoms with van der Waals surface area (Å²) in [5, 5.41) is 2.94. The molecule has 8 aromatic rings. The zero-order chi connectivity index (χ0) is 32.0. The number of fused-ring (bicyclic) bond motifs is 3. The first-order chi connectivity index (χ1) is 22.9. The summed E-state index contributed by atoms with van der Waals surface area (Å²) in [6.07, 6.45) is 0. The minimum absolute atomic E-state index is 0.793. The molecule has 0 bridgehead atoms. The molecule has 0 saturated heterocycles. The van der Waals surface area contributed by atoms with Crippen LogP contribution in [0.1, 0.15) is 0 Å². The minimum atomic E-state index is -2.38. The number of para-hydroxylation sites is 1. The number of furan rings is 1. The molecule has 5 heteroatoms. The van der Waals surface area contributed by atoms with E-state index in [1.807, 2.05) is 98.3 Å². The lowest BCUT2D eigenvalue weighted by Gasteiger charge is -2.17. The molecule has 0 radical (unpaired) electrons. The summed E-state index contributed by atoms with van der Waals surface area (Å²) in [4.78, 5) is 10.9. The van der Waals surface area contributed by atoms with Crippen molar-refractivity contribution >= 4 is 34.4 Å². The van der Waals surface area contributed by atoms with Crippen molar-refractivity contribution < 1.29 is 8.98 Å². The Kier molecular flexibility index (Phi) is 7.16. The molecule has 2 aromatic heterocycles. The maximum Gasteiger partial charge on any atom is 0.136 e. The molecular formula is C42H31N2O2P. The zero-order valence-electron chi connectivity index (χ0n) is 26.1. The summed E-state index contributed by atoms with van der Waals surface area (Å²) >= 11 is 0. The van der Waals surface area contributed by atoms with Crippen molar-refractivity contribution in [2.75, 3.05) is 13.3 Å². The third-order valence-electron chi connectivity index (χ3n) is 8.61. The van der Waals surface area contributed by atoms with Gasteiger partial charge in [0.15, 0.2) is 0 Å². The van der Waals surface area contributed by atoms with E-state index in [2.05, 4.69) is 66.7 Å². The summed E-state index contributed by atoms with van der Waals surface area (Å²) in [5.74, 6) is 0. The highest BCUT2D eigenvalue weighted by Gasteiger charge is 2.22. The van der Waals surface area contributed by atoms with Crippen LogP contribution in [-0.2, 0) is 4.57 Å². The standard InChI is InChI=1S/C42H31N2O2P/c1-47(2,45)33-18-11-17-32(27-33)28-23-25-31(26-24-28)40-39(29-13-5-3-6-14-29)43-41(30-15-7-4-8-16-30)42(44-40)35-20-12-22-37-38(35)34-19-9-10-21-36(34)46-37/h3-27H,1-2H3. The van der Waals surface area contributed by atoms with E-state index in [-0.39, 0.29) is 0 Å². The fraction of sp³-hybridized carbons (Fsp3) is 0.0476. The number of nitrogens with zero attached hydrogens (tertiary/aromatic N) is 2. The molecule has 0 spiro atoms. The fourth-order valence-corrected chi connectivity index (χ4v) is 7.13. The summed E-state index contributed by atoms with van der Waals surface area (Å²) in [6, 6.07) is 51.3. The Hall–Kier alpha value is -5.57. The molecule has 47 heavy (non-hydrogen) atoms. The second-order valence-corrected chi connectivity index (χ2v) is 15.3. The van der Waals surface area contributed by atoms with Crippen LogP contribution < -0.4 is 5.30 Å². The van der Waals surface area contributed by atoms with Crippen LogP contribution in [0.25, 0.3) is 78.1 Å². The van der Waals surface area contributed by atoms with Crippen molar-refractivity contribution in [3.8, 4) is 56.2 Å². The van der Waals surface area contributed by atoms with Crippen LogP contribution in [0.2, 0.25) is 0 Å². The van der Waals surface area contributed by atoms with Crippen molar-refractivity contribution in [3.63, 3.8) is 0 Å². The molecule has 0 amide bonds. The lowest BCUT2D eigenvalue weighted by Crippen LogP contribution is -2.02. The van der Waals surface area contributed by atoms with Crippen molar-refractivity contribution in [3.05, 3.63) is 152 Å². The molecule has 2 heterocycles. The molecule has 8 rings (SSSR count). The van der Waals surface area contributed by atoms with Gasteiger partial charge in [-0.25, -0.2) is 9.97 Å². The van der Waals surface area contributed by atoms with Crippen LogP contribution in [0.3, 0.4) is 0 Å². The van der Waals surface area contributed by atoms with E-state index in [1.165, 1.54) is 0 Å². The van der Waals surface area contributed by atoms with Gasteiger partial charge in [0.2, 0.25) is 0 Å². The van der Waals surface area contributed by atoms with Crippen molar-refractivity contribution in [2.45, 2.75) is 0 Å². The average molecular weight is 627 g/mol. The molecule has 4 nitrogen and oxygen atoms in total. The van der Waals surface area contributed by atoms with Crippen molar-refractivity contribution in [2.24, 2.45) is 0 Å². The molecule has 0 N–H and O–H groups in total. The Bertz CT molecular complexity index is 2440. The number of rotatable bonds is 6. The van der Waals surface area contributed by atoms with Crippen LogP contribution in [0.4, 0.5) is 0 Å². The van der Waals surface area contributed by atoms with E-state index in [0.717, 1.165) is 83.4 Å². The average Bonchev–Trinajstić information content (AvgIpc) is 3.51. The molecule has 0 aliphatic rings. The van der Waals surface area contributed by atoms with Gasteiger partial charge >= 0.3 is 0 Å². The lowest BCUT2D eigenvalue weighted by molar-refractivity contribution is 0.588. The monoisotopic (exact) mass is 626 g/mol. The van der Waals surface area contributed by atoms with Crippen LogP contribution in [0.5, 0.6) is 0 Å². The second kappa shape index (κ2) is 11.7. The molecule has 226 valence electrons. The van der Waals surface area contributed by atoms with Gasteiger partial charge in [-0.05, 0) is 42.7 Å². The third-order valence-corrected chi connectivity index (χ3v) is 10.1. The topological polar surface area (TPSA) is 56.0 Å². The SMILES string of the molecule is CP(C)(=O)c1cccc(-c2ccc(-c3nc(-c4cccc5oc6ccccc6c45)c(-c4ccccc4)nc3-c3ccccc3)cc2)c1. The lowest BCUT2D eigenvalue weighted by atomic mass is 9.96. The Morgan fingerprint density at radius 2 is 0.979 bits per heavy atom. The highest BCUT2D eigenvalue weighted by atomic mass is 31.2. The summed E-state index contributed by atoms with van der Waals surface area (Å²) in [6.45, 7) is 3.62. The zero-order valence-corrected chi connectivity index (χ0v) is 27.0. The first-order valence-corrected chi connectivity index (χ1v) is 18.2. The molecular weight excluding hydrogens is 595 g/mol. The largest absolute Gasteiger partial charge is 0.456 e. The minimum Gasteiger partial charge on any atom is -0.456 e. The van der Waals surface area contributed by atoms with Gasteiger partial charge in [0.05, 0.1) is 22.8 Å². The van der Waals surface area contributed by atoms with Gasteiger partial charge in [0.25, 0.3) is 0 Å². The number of hydrogen-bond acceptors (Lipinski definition) is 4. The van der Waals surface area contributed by atoms with Gasteiger partial charge in [0, 0.05) is 38.3 Å². The number of hydrogen-bond donors (Lipinski definition) is 0. The smallest absolute Gasteiger partial charge is 0.136 e. The maximum absolute atomic E-state index is 12.8. The quantitative estimate of drug-likeness (QED) is 0.172. The van der Waals surface area contributed by atoms with E-state index < -0.39 is 7.14 Å². The Morgan fingerprint density at radius 3 is 1.66 bits per heavy atom. The predicted octanol–water partition coefficient (Wildman–Crippen LogP) is 11.0. The van der Waals surface area contributed by atoms with E-state index in [9.17, 15) is 4.57 Å². The van der Waals surface area contributed by atoms with Crippen LogP contribution in [0, 0.1) is 0 Å². The molecule has 0 aliphatic heterocycles. The number of aromatic nitrogens is 2.